The molecule has 0 bridgehead atoms. The van der Waals surface area contributed by atoms with Gasteiger partial charge in [0.2, 0.25) is 0 Å². The summed E-state index contributed by atoms with van der Waals surface area (Å²) in [4.78, 5) is 0. The Morgan fingerprint density at radius 3 is 2.64 bits per heavy atom. The fourth-order valence-electron chi connectivity index (χ4n) is 1.82. The van der Waals surface area contributed by atoms with E-state index >= 15 is 0 Å². The first-order chi connectivity index (χ1) is 6.56. The van der Waals surface area contributed by atoms with Crippen molar-refractivity contribution in [3.8, 4) is 0 Å². The van der Waals surface area contributed by atoms with Crippen LogP contribution in [0.25, 0.3) is 0 Å². The van der Waals surface area contributed by atoms with E-state index < -0.39 is 0 Å². The van der Waals surface area contributed by atoms with Gasteiger partial charge in [-0.15, -0.1) is 0 Å². The van der Waals surface area contributed by atoms with Gasteiger partial charge < -0.3 is 5.73 Å². The van der Waals surface area contributed by atoms with Crippen LogP contribution >= 0.6 is 11.6 Å². The van der Waals surface area contributed by atoms with E-state index in [9.17, 15) is 0 Å². The maximum absolute atomic E-state index is 6.08. The molecule has 2 N–H and O–H groups in total. The summed E-state index contributed by atoms with van der Waals surface area (Å²) in [5, 5.41) is 0.781. The van der Waals surface area contributed by atoms with E-state index in [0.29, 0.717) is 5.92 Å². The van der Waals surface area contributed by atoms with Crippen LogP contribution in [-0.4, -0.2) is 0 Å². The van der Waals surface area contributed by atoms with Crippen LogP contribution in [0.2, 0.25) is 5.02 Å². The maximum Gasteiger partial charge on any atom is 0.0458 e. The van der Waals surface area contributed by atoms with E-state index in [0.717, 1.165) is 10.7 Å². The maximum atomic E-state index is 6.08. The van der Waals surface area contributed by atoms with Crippen LogP contribution in [0.15, 0.2) is 12.1 Å². The Morgan fingerprint density at radius 1 is 1.43 bits per heavy atom. The Bertz CT molecular complexity index is 320. The largest absolute Gasteiger partial charge is 0.399 e. The minimum atomic E-state index is 0.543. The van der Waals surface area contributed by atoms with Crippen molar-refractivity contribution in [2.45, 2.75) is 39.5 Å². The molecular weight excluding hydrogens is 194 g/mol. The summed E-state index contributed by atoms with van der Waals surface area (Å²) in [7, 11) is 0. The highest BCUT2D eigenvalue weighted by molar-refractivity contribution is 6.31. The van der Waals surface area contributed by atoms with Crippen LogP contribution in [0.4, 0.5) is 5.69 Å². The molecule has 1 aromatic carbocycles. The van der Waals surface area contributed by atoms with E-state index in [-0.39, 0.29) is 0 Å². The molecule has 1 aromatic rings. The number of hydrogen-bond donors (Lipinski definition) is 1. The predicted octanol–water partition coefficient (Wildman–Crippen LogP) is 4.13. The molecule has 1 unspecified atom stereocenters. The first-order valence-electron chi connectivity index (χ1n) is 5.11. The average molecular weight is 212 g/mol. The quantitative estimate of drug-likeness (QED) is 0.748. The van der Waals surface area contributed by atoms with Gasteiger partial charge >= 0.3 is 0 Å². The zero-order valence-corrected chi connectivity index (χ0v) is 9.86. The first kappa shape index (κ1) is 11.4. The second-order valence-electron chi connectivity index (χ2n) is 3.91. The molecule has 0 saturated heterocycles. The van der Waals surface area contributed by atoms with Crippen molar-refractivity contribution in [1.29, 1.82) is 0 Å². The molecule has 0 saturated carbocycles. The van der Waals surface area contributed by atoms with Crippen molar-refractivity contribution in [1.82, 2.24) is 0 Å². The summed E-state index contributed by atoms with van der Waals surface area (Å²) in [5.41, 5.74) is 9.00. The standard InChI is InChI=1S/C12H18ClN/c1-4-5-8(2)11-6-10(14)7-12(13)9(11)3/h6-8H,4-5,14H2,1-3H3. The molecule has 0 aliphatic carbocycles. The van der Waals surface area contributed by atoms with Crippen LogP contribution in [0.5, 0.6) is 0 Å². The molecule has 2 heteroatoms. The SMILES string of the molecule is CCCC(C)c1cc(N)cc(Cl)c1C. The lowest BCUT2D eigenvalue weighted by Gasteiger charge is -2.15. The summed E-state index contributed by atoms with van der Waals surface area (Å²) in [6.45, 7) is 6.48. The fraction of sp³-hybridized carbons (Fsp3) is 0.500. The van der Waals surface area contributed by atoms with Gasteiger partial charge in [-0.25, -0.2) is 0 Å². The Hall–Kier alpha value is -0.690. The third-order valence-electron chi connectivity index (χ3n) is 2.66. The van der Waals surface area contributed by atoms with E-state index in [1.54, 1.807) is 0 Å². The van der Waals surface area contributed by atoms with Gasteiger partial charge in [0.15, 0.2) is 0 Å². The van der Waals surface area contributed by atoms with Gasteiger partial charge in [-0.05, 0) is 42.5 Å². The number of hydrogen-bond acceptors (Lipinski definition) is 1. The van der Waals surface area contributed by atoms with E-state index in [1.807, 2.05) is 12.1 Å². The molecule has 0 aliphatic rings. The molecule has 78 valence electrons. The van der Waals surface area contributed by atoms with E-state index in [4.69, 9.17) is 17.3 Å². The zero-order valence-electron chi connectivity index (χ0n) is 9.10. The molecule has 14 heavy (non-hydrogen) atoms. The summed E-state index contributed by atoms with van der Waals surface area (Å²) in [6.07, 6.45) is 2.37. The smallest absolute Gasteiger partial charge is 0.0458 e. The van der Waals surface area contributed by atoms with Crippen LogP contribution < -0.4 is 5.73 Å². The highest BCUT2D eigenvalue weighted by atomic mass is 35.5. The van der Waals surface area contributed by atoms with Crippen molar-refractivity contribution in [2.24, 2.45) is 0 Å². The van der Waals surface area contributed by atoms with Crippen LogP contribution in [0, 0.1) is 6.92 Å². The first-order valence-corrected chi connectivity index (χ1v) is 5.49. The van der Waals surface area contributed by atoms with Crippen LogP contribution in [0.3, 0.4) is 0 Å². The molecule has 1 nitrogen and oxygen atoms in total. The third kappa shape index (κ3) is 2.42. The Morgan fingerprint density at radius 2 is 2.07 bits per heavy atom. The van der Waals surface area contributed by atoms with Gasteiger partial charge in [-0.1, -0.05) is 31.9 Å². The Kier molecular flexibility index (Phi) is 3.82. The summed E-state index contributed by atoms with van der Waals surface area (Å²) in [5.74, 6) is 0.543. The van der Waals surface area contributed by atoms with Gasteiger partial charge in [-0.3, -0.25) is 0 Å². The number of nitrogens with two attached hydrogens (primary N) is 1. The van der Waals surface area contributed by atoms with Crippen molar-refractivity contribution in [3.05, 3.63) is 28.3 Å². The van der Waals surface area contributed by atoms with Gasteiger partial charge in [0.1, 0.15) is 0 Å². The second-order valence-corrected chi connectivity index (χ2v) is 4.31. The van der Waals surface area contributed by atoms with Gasteiger partial charge in [0.05, 0.1) is 0 Å². The lowest BCUT2D eigenvalue weighted by Crippen LogP contribution is -1.99. The molecule has 0 aromatic heterocycles. The summed E-state index contributed by atoms with van der Waals surface area (Å²) >= 11 is 6.08. The molecule has 0 spiro atoms. The predicted molar refractivity (Wildman–Crippen MR) is 63.9 cm³/mol. The lowest BCUT2D eigenvalue weighted by atomic mass is 9.92. The molecule has 0 radical (unpaired) electrons. The fourth-order valence-corrected chi connectivity index (χ4v) is 2.06. The van der Waals surface area contributed by atoms with Crippen molar-refractivity contribution in [2.75, 3.05) is 5.73 Å². The van der Waals surface area contributed by atoms with E-state index in [2.05, 4.69) is 20.8 Å². The normalized spacial score (nSPS) is 12.9. The van der Waals surface area contributed by atoms with Gasteiger partial charge in [0, 0.05) is 10.7 Å². The van der Waals surface area contributed by atoms with Crippen molar-refractivity contribution < 1.29 is 0 Å². The van der Waals surface area contributed by atoms with E-state index in [1.165, 1.54) is 24.0 Å². The lowest BCUT2D eigenvalue weighted by molar-refractivity contribution is 0.662. The Balaban J connectivity index is 3.07. The van der Waals surface area contributed by atoms with Gasteiger partial charge in [-0.2, -0.15) is 0 Å². The summed E-state index contributed by atoms with van der Waals surface area (Å²) < 4.78 is 0. The number of halogens is 1. The molecular formula is C12H18ClN. The van der Waals surface area contributed by atoms with Gasteiger partial charge in [0.25, 0.3) is 0 Å². The van der Waals surface area contributed by atoms with Crippen LogP contribution in [0.1, 0.15) is 43.7 Å². The minimum Gasteiger partial charge on any atom is -0.399 e. The molecule has 1 atom stereocenters. The second kappa shape index (κ2) is 4.70. The van der Waals surface area contributed by atoms with Crippen molar-refractivity contribution in [3.63, 3.8) is 0 Å². The average Bonchev–Trinajstić information content (AvgIpc) is 2.11. The highest BCUT2D eigenvalue weighted by Gasteiger charge is 2.10. The topological polar surface area (TPSA) is 26.0 Å². The number of benzene rings is 1. The summed E-state index contributed by atoms with van der Waals surface area (Å²) in [6, 6.07) is 3.86. The number of anilines is 1. The Labute approximate surface area is 91.3 Å². The monoisotopic (exact) mass is 211 g/mol. The van der Waals surface area contributed by atoms with Crippen molar-refractivity contribution >= 4 is 17.3 Å². The zero-order chi connectivity index (χ0) is 10.7. The highest BCUT2D eigenvalue weighted by Crippen LogP contribution is 2.30. The molecule has 0 aliphatic heterocycles. The van der Waals surface area contributed by atoms with Crippen LogP contribution in [-0.2, 0) is 0 Å². The minimum absolute atomic E-state index is 0.543. The molecule has 1 rings (SSSR count). The molecule has 0 heterocycles. The third-order valence-corrected chi connectivity index (χ3v) is 3.05. The molecule has 0 fully saturated rings. The number of nitrogen functional groups attached to an aromatic ring is 1. The molecule has 0 amide bonds. The number of rotatable bonds is 3.